The van der Waals surface area contributed by atoms with Gasteiger partial charge >= 0.3 is 0 Å². The number of amides is 3. The Kier molecular flexibility index (Phi) is 6.28. The normalized spacial score (nSPS) is 17.9. The van der Waals surface area contributed by atoms with Gasteiger partial charge in [0.15, 0.2) is 0 Å². The molecule has 0 radical (unpaired) electrons. The van der Waals surface area contributed by atoms with Gasteiger partial charge in [0.05, 0.1) is 16.1 Å². The van der Waals surface area contributed by atoms with Crippen molar-refractivity contribution in [3.8, 4) is 0 Å². The molecule has 0 bridgehead atoms. The van der Waals surface area contributed by atoms with Crippen LogP contribution >= 0.6 is 11.8 Å². The molecule has 34 heavy (non-hydrogen) atoms. The molecule has 0 spiro atoms. The van der Waals surface area contributed by atoms with Gasteiger partial charge in [0.25, 0.3) is 11.1 Å². The standard InChI is InChI=1S/C27H27N3O3S/c1-2-19-10-9-13-22-20(17-29(25(19)22)18-24(31)28-14-7-4-8-15-28)16-23-26(32)30(27(33)34-23)21-11-5-3-6-12-21/h3,5-6,9-13,16-17H,2,4,7-8,14-15,18H2,1H3/b23-16-. The van der Waals surface area contributed by atoms with Gasteiger partial charge in [-0.1, -0.05) is 43.3 Å². The van der Waals surface area contributed by atoms with Crippen LogP contribution in [-0.2, 0) is 22.6 Å². The van der Waals surface area contributed by atoms with Crippen LogP contribution in [0.2, 0.25) is 0 Å². The fraction of sp³-hybridized carbons (Fsp3) is 0.296. The smallest absolute Gasteiger partial charge is 0.298 e. The van der Waals surface area contributed by atoms with Gasteiger partial charge in [0.1, 0.15) is 6.54 Å². The molecule has 1 aromatic heterocycles. The number of carbonyl (C=O) groups is 3. The molecule has 174 valence electrons. The van der Waals surface area contributed by atoms with Gasteiger partial charge in [-0.3, -0.25) is 14.4 Å². The van der Waals surface area contributed by atoms with Gasteiger partial charge in [0.2, 0.25) is 5.91 Å². The largest absolute Gasteiger partial charge is 0.341 e. The number of para-hydroxylation sites is 2. The molecule has 2 aliphatic rings. The molecule has 7 heteroatoms. The van der Waals surface area contributed by atoms with Crippen molar-refractivity contribution in [2.75, 3.05) is 18.0 Å². The summed E-state index contributed by atoms with van der Waals surface area (Å²) >= 11 is 0.950. The second-order valence-electron chi connectivity index (χ2n) is 8.67. The van der Waals surface area contributed by atoms with Crippen LogP contribution in [0, 0.1) is 0 Å². The molecule has 3 aromatic rings. The van der Waals surface area contributed by atoms with E-state index >= 15 is 0 Å². The van der Waals surface area contributed by atoms with Crippen molar-refractivity contribution < 1.29 is 14.4 Å². The Hall–Kier alpha value is -3.32. The molecule has 0 aliphatic carbocycles. The number of aryl methyl sites for hydroxylation is 1. The van der Waals surface area contributed by atoms with Crippen molar-refractivity contribution in [2.24, 2.45) is 0 Å². The summed E-state index contributed by atoms with van der Waals surface area (Å²) in [4.78, 5) is 42.4. The first-order chi connectivity index (χ1) is 16.6. The van der Waals surface area contributed by atoms with Crippen LogP contribution in [-0.4, -0.2) is 39.6 Å². The molecule has 3 amide bonds. The van der Waals surface area contributed by atoms with E-state index in [0.717, 1.165) is 66.1 Å². The fourth-order valence-electron chi connectivity index (χ4n) is 4.79. The lowest BCUT2D eigenvalue weighted by Gasteiger charge is -2.27. The number of hydrogen-bond donors (Lipinski definition) is 0. The van der Waals surface area contributed by atoms with E-state index in [2.05, 4.69) is 13.0 Å². The van der Waals surface area contributed by atoms with Gasteiger partial charge in [-0.15, -0.1) is 0 Å². The van der Waals surface area contributed by atoms with Crippen molar-refractivity contribution in [2.45, 2.75) is 39.2 Å². The van der Waals surface area contributed by atoms with Crippen LogP contribution in [0.1, 0.15) is 37.3 Å². The van der Waals surface area contributed by atoms with Crippen LogP contribution in [0.25, 0.3) is 17.0 Å². The number of benzene rings is 2. The van der Waals surface area contributed by atoms with Crippen molar-refractivity contribution in [3.63, 3.8) is 0 Å². The van der Waals surface area contributed by atoms with E-state index in [1.165, 1.54) is 11.3 Å². The van der Waals surface area contributed by atoms with E-state index in [9.17, 15) is 14.4 Å². The molecule has 2 aliphatic heterocycles. The van der Waals surface area contributed by atoms with E-state index in [1.807, 2.05) is 46.0 Å². The van der Waals surface area contributed by atoms with Crippen LogP contribution in [0.15, 0.2) is 59.6 Å². The third-order valence-corrected chi connectivity index (χ3v) is 7.37. The predicted octanol–water partition coefficient (Wildman–Crippen LogP) is 5.46. The minimum Gasteiger partial charge on any atom is -0.341 e. The zero-order valence-corrected chi connectivity index (χ0v) is 20.0. The van der Waals surface area contributed by atoms with Gasteiger partial charge in [-0.25, -0.2) is 4.90 Å². The molecule has 2 fully saturated rings. The molecule has 3 heterocycles. The highest BCUT2D eigenvalue weighted by molar-refractivity contribution is 8.19. The Balaban J connectivity index is 1.51. The van der Waals surface area contributed by atoms with Crippen molar-refractivity contribution in [1.82, 2.24) is 9.47 Å². The Morgan fingerprint density at radius 3 is 2.50 bits per heavy atom. The number of likely N-dealkylation sites (tertiary alicyclic amines) is 1. The zero-order chi connectivity index (χ0) is 23.7. The summed E-state index contributed by atoms with van der Waals surface area (Å²) in [6.45, 7) is 4.01. The van der Waals surface area contributed by atoms with Crippen LogP contribution in [0.4, 0.5) is 10.5 Å². The van der Waals surface area contributed by atoms with E-state index in [1.54, 1.807) is 18.2 Å². The minimum absolute atomic E-state index is 0.124. The molecule has 0 unspecified atom stereocenters. The Morgan fingerprint density at radius 2 is 1.76 bits per heavy atom. The maximum Gasteiger partial charge on any atom is 0.298 e. The monoisotopic (exact) mass is 473 g/mol. The number of hydrogen-bond acceptors (Lipinski definition) is 4. The highest BCUT2D eigenvalue weighted by Gasteiger charge is 2.36. The molecular weight excluding hydrogens is 446 g/mol. The third kappa shape index (κ3) is 4.16. The Bertz CT molecular complexity index is 1290. The lowest BCUT2D eigenvalue weighted by molar-refractivity contribution is -0.132. The number of nitrogens with zero attached hydrogens (tertiary/aromatic N) is 3. The number of piperidine rings is 1. The summed E-state index contributed by atoms with van der Waals surface area (Å²) in [6.07, 6.45) is 7.86. The molecular formula is C27H27N3O3S. The fourth-order valence-corrected chi connectivity index (χ4v) is 5.62. The van der Waals surface area contributed by atoms with Gasteiger partial charge < -0.3 is 9.47 Å². The second-order valence-corrected chi connectivity index (χ2v) is 9.67. The first-order valence-electron chi connectivity index (χ1n) is 11.8. The summed E-state index contributed by atoms with van der Waals surface area (Å²) in [7, 11) is 0. The highest BCUT2D eigenvalue weighted by atomic mass is 32.2. The number of aromatic nitrogens is 1. The molecule has 2 aromatic carbocycles. The number of anilines is 1. The van der Waals surface area contributed by atoms with E-state index < -0.39 is 0 Å². The molecule has 0 atom stereocenters. The van der Waals surface area contributed by atoms with E-state index in [0.29, 0.717) is 10.6 Å². The van der Waals surface area contributed by atoms with Gasteiger partial charge in [-0.2, -0.15) is 0 Å². The number of carbonyl (C=O) groups excluding carboxylic acids is 3. The zero-order valence-electron chi connectivity index (χ0n) is 19.2. The summed E-state index contributed by atoms with van der Waals surface area (Å²) in [5.41, 5.74) is 3.58. The number of rotatable bonds is 5. The minimum atomic E-state index is -0.321. The molecule has 6 nitrogen and oxygen atoms in total. The maximum atomic E-state index is 13.1. The summed E-state index contributed by atoms with van der Waals surface area (Å²) < 4.78 is 2.01. The predicted molar refractivity (Wildman–Crippen MR) is 137 cm³/mol. The highest BCUT2D eigenvalue weighted by Crippen LogP contribution is 2.37. The van der Waals surface area contributed by atoms with Crippen LogP contribution in [0.3, 0.4) is 0 Å². The van der Waals surface area contributed by atoms with Crippen LogP contribution < -0.4 is 4.90 Å². The average Bonchev–Trinajstić information content (AvgIpc) is 3.36. The molecule has 0 N–H and O–H groups in total. The van der Waals surface area contributed by atoms with E-state index in [4.69, 9.17) is 0 Å². The first kappa shape index (κ1) is 22.5. The Morgan fingerprint density at radius 1 is 1.00 bits per heavy atom. The number of imide groups is 1. The number of fused-ring (bicyclic) bond motifs is 1. The topological polar surface area (TPSA) is 62.6 Å². The third-order valence-electron chi connectivity index (χ3n) is 6.50. The van der Waals surface area contributed by atoms with Gasteiger partial charge in [0, 0.05) is 30.2 Å². The van der Waals surface area contributed by atoms with Gasteiger partial charge in [-0.05, 0) is 61.2 Å². The number of thioether (sulfide) groups is 1. The summed E-state index contributed by atoms with van der Waals surface area (Å²) in [5, 5.41) is 0.679. The summed E-state index contributed by atoms with van der Waals surface area (Å²) in [6, 6.07) is 15.1. The first-order valence-corrected chi connectivity index (χ1v) is 12.6. The maximum absolute atomic E-state index is 13.1. The summed E-state index contributed by atoms with van der Waals surface area (Å²) in [5.74, 6) is -0.198. The van der Waals surface area contributed by atoms with Crippen molar-refractivity contribution in [3.05, 3.63) is 70.8 Å². The lowest BCUT2D eigenvalue weighted by atomic mass is 10.1. The molecule has 2 saturated heterocycles. The SMILES string of the molecule is CCc1cccc2c(/C=C3\SC(=O)N(c4ccccc4)C3=O)cn(CC(=O)N3CCCCC3)c12. The average molecular weight is 474 g/mol. The van der Waals surface area contributed by atoms with Crippen molar-refractivity contribution >= 4 is 51.5 Å². The van der Waals surface area contributed by atoms with E-state index in [-0.39, 0.29) is 23.6 Å². The van der Waals surface area contributed by atoms with Crippen LogP contribution in [0.5, 0.6) is 0 Å². The molecule has 0 saturated carbocycles. The quantitative estimate of drug-likeness (QED) is 0.462. The Labute approximate surface area is 203 Å². The van der Waals surface area contributed by atoms with Crippen molar-refractivity contribution in [1.29, 1.82) is 0 Å². The lowest BCUT2D eigenvalue weighted by Crippen LogP contribution is -2.37. The molecule has 5 rings (SSSR count). The second kappa shape index (κ2) is 9.50.